The molecule has 1 aromatic carbocycles. The fourth-order valence-electron chi connectivity index (χ4n) is 1.89. The minimum absolute atomic E-state index is 0. The second kappa shape index (κ2) is 13.5. The third kappa shape index (κ3) is 11.3. The summed E-state index contributed by atoms with van der Waals surface area (Å²) in [7, 11) is 0. The summed E-state index contributed by atoms with van der Waals surface area (Å²) in [6, 6.07) is 6.60. The maximum atomic E-state index is 12.8. The van der Waals surface area contributed by atoms with Crippen LogP contribution in [0.3, 0.4) is 0 Å². The van der Waals surface area contributed by atoms with E-state index in [9.17, 15) is 4.39 Å². The fraction of sp³-hybridized carbons (Fsp3) is 0.588. The molecule has 0 aliphatic carbocycles. The number of hydrogen-bond donors (Lipinski definition) is 2. The molecule has 0 radical (unpaired) electrons. The van der Waals surface area contributed by atoms with Crippen molar-refractivity contribution in [3.05, 3.63) is 35.6 Å². The van der Waals surface area contributed by atoms with E-state index in [0.717, 1.165) is 50.6 Å². The van der Waals surface area contributed by atoms with E-state index in [1.54, 1.807) is 0 Å². The molecule has 6 heteroatoms. The quantitative estimate of drug-likeness (QED) is 0.270. The number of ether oxygens (including phenoxy) is 1. The number of hydrogen-bond acceptors (Lipinski definition) is 2. The van der Waals surface area contributed by atoms with Gasteiger partial charge in [-0.05, 0) is 51.3 Å². The zero-order valence-corrected chi connectivity index (χ0v) is 16.6. The van der Waals surface area contributed by atoms with Crippen LogP contribution in [0.1, 0.15) is 32.8 Å². The van der Waals surface area contributed by atoms with Gasteiger partial charge in [0.05, 0.1) is 6.10 Å². The van der Waals surface area contributed by atoms with Crippen LogP contribution in [0.4, 0.5) is 4.39 Å². The van der Waals surface area contributed by atoms with Crippen LogP contribution < -0.4 is 10.6 Å². The standard InChI is InChI=1S/C17H28FN3O.HI/c1-4-19-17(20-11-5-13-22-14(2)3)21-12-10-15-6-8-16(18)9-7-15;/h6-9,14H,4-5,10-13H2,1-3H3,(H2,19,20,21);1H. The molecule has 2 N–H and O–H groups in total. The van der Waals surface area contributed by atoms with Gasteiger partial charge >= 0.3 is 0 Å². The van der Waals surface area contributed by atoms with E-state index >= 15 is 0 Å². The Balaban J connectivity index is 0.00000484. The molecule has 0 aliphatic rings. The van der Waals surface area contributed by atoms with Crippen molar-refractivity contribution in [1.82, 2.24) is 10.6 Å². The lowest BCUT2D eigenvalue weighted by Gasteiger charge is -2.11. The van der Waals surface area contributed by atoms with Gasteiger partial charge in [-0.3, -0.25) is 4.99 Å². The van der Waals surface area contributed by atoms with Crippen LogP contribution in [0.25, 0.3) is 0 Å². The molecule has 0 saturated carbocycles. The fourth-order valence-corrected chi connectivity index (χ4v) is 1.89. The molecule has 0 fully saturated rings. The van der Waals surface area contributed by atoms with Gasteiger partial charge in [0.2, 0.25) is 0 Å². The average Bonchev–Trinajstić information content (AvgIpc) is 2.48. The Kier molecular flexibility index (Phi) is 13.0. The molecule has 1 rings (SSSR count). The number of guanidine groups is 1. The Labute approximate surface area is 156 Å². The monoisotopic (exact) mass is 437 g/mol. The molecule has 0 aliphatic heterocycles. The number of benzene rings is 1. The van der Waals surface area contributed by atoms with Crippen molar-refractivity contribution in [2.24, 2.45) is 4.99 Å². The van der Waals surface area contributed by atoms with Crippen molar-refractivity contribution in [1.29, 1.82) is 0 Å². The van der Waals surface area contributed by atoms with E-state index in [1.165, 1.54) is 12.1 Å². The number of nitrogens with one attached hydrogen (secondary N) is 2. The molecule has 0 atom stereocenters. The van der Waals surface area contributed by atoms with Crippen LogP contribution in [-0.2, 0) is 11.2 Å². The molecule has 0 unspecified atom stereocenters. The van der Waals surface area contributed by atoms with Crippen molar-refractivity contribution < 1.29 is 9.13 Å². The Morgan fingerprint density at radius 1 is 1.22 bits per heavy atom. The van der Waals surface area contributed by atoms with Crippen LogP contribution >= 0.6 is 24.0 Å². The molecule has 0 aromatic heterocycles. The number of rotatable bonds is 9. The summed E-state index contributed by atoms with van der Waals surface area (Å²) in [6.45, 7) is 9.16. The van der Waals surface area contributed by atoms with Crippen molar-refractivity contribution in [3.63, 3.8) is 0 Å². The van der Waals surface area contributed by atoms with Crippen LogP contribution in [0.2, 0.25) is 0 Å². The summed E-state index contributed by atoms with van der Waals surface area (Å²) >= 11 is 0. The molecule has 0 saturated heterocycles. The van der Waals surface area contributed by atoms with Crippen molar-refractivity contribution >= 4 is 29.9 Å². The Morgan fingerprint density at radius 2 is 1.91 bits per heavy atom. The second-order valence-corrected chi connectivity index (χ2v) is 5.34. The van der Waals surface area contributed by atoms with Crippen LogP contribution in [0, 0.1) is 5.82 Å². The normalized spacial score (nSPS) is 11.3. The molecular weight excluding hydrogens is 408 g/mol. The highest BCUT2D eigenvalue weighted by Gasteiger charge is 1.99. The predicted octanol–water partition coefficient (Wildman–Crippen LogP) is 3.36. The van der Waals surface area contributed by atoms with Gasteiger partial charge in [0.25, 0.3) is 0 Å². The van der Waals surface area contributed by atoms with E-state index in [1.807, 2.05) is 32.9 Å². The van der Waals surface area contributed by atoms with E-state index in [-0.39, 0.29) is 35.9 Å². The topological polar surface area (TPSA) is 45.7 Å². The number of halogens is 2. The lowest BCUT2D eigenvalue weighted by atomic mass is 10.1. The third-order valence-electron chi connectivity index (χ3n) is 2.99. The SMILES string of the molecule is CCNC(=NCCCOC(C)C)NCCc1ccc(F)cc1.I. The minimum atomic E-state index is -0.199. The smallest absolute Gasteiger partial charge is 0.191 e. The molecule has 132 valence electrons. The van der Waals surface area contributed by atoms with Gasteiger partial charge in [0.15, 0.2) is 5.96 Å². The summed E-state index contributed by atoms with van der Waals surface area (Å²) in [5.41, 5.74) is 1.11. The van der Waals surface area contributed by atoms with Gasteiger partial charge in [-0.2, -0.15) is 0 Å². The summed E-state index contributed by atoms with van der Waals surface area (Å²) in [6.07, 6.45) is 2.01. The third-order valence-corrected chi connectivity index (χ3v) is 2.99. The van der Waals surface area contributed by atoms with Gasteiger partial charge < -0.3 is 15.4 Å². The predicted molar refractivity (Wildman–Crippen MR) is 105 cm³/mol. The van der Waals surface area contributed by atoms with Gasteiger partial charge in [-0.25, -0.2) is 4.39 Å². The highest BCUT2D eigenvalue weighted by molar-refractivity contribution is 14.0. The molecule has 23 heavy (non-hydrogen) atoms. The maximum Gasteiger partial charge on any atom is 0.191 e. The van der Waals surface area contributed by atoms with Gasteiger partial charge in [-0.1, -0.05) is 12.1 Å². The average molecular weight is 437 g/mol. The Hall–Kier alpha value is -0.890. The summed E-state index contributed by atoms with van der Waals surface area (Å²) in [5.74, 6) is 0.615. The highest BCUT2D eigenvalue weighted by atomic mass is 127. The van der Waals surface area contributed by atoms with E-state index in [0.29, 0.717) is 0 Å². The highest BCUT2D eigenvalue weighted by Crippen LogP contribution is 2.02. The Morgan fingerprint density at radius 3 is 2.52 bits per heavy atom. The van der Waals surface area contributed by atoms with Crippen LogP contribution in [-0.4, -0.2) is 38.3 Å². The van der Waals surface area contributed by atoms with Crippen LogP contribution in [0.5, 0.6) is 0 Å². The van der Waals surface area contributed by atoms with Crippen molar-refractivity contribution in [2.75, 3.05) is 26.2 Å². The zero-order chi connectivity index (χ0) is 16.2. The second-order valence-electron chi connectivity index (χ2n) is 5.34. The van der Waals surface area contributed by atoms with E-state index in [4.69, 9.17) is 4.74 Å². The molecule has 0 bridgehead atoms. The molecule has 4 nitrogen and oxygen atoms in total. The largest absolute Gasteiger partial charge is 0.379 e. The molecule has 1 aromatic rings. The first-order chi connectivity index (χ1) is 10.6. The number of nitrogens with zero attached hydrogens (tertiary/aromatic N) is 1. The molecule has 0 amide bonds. The lowest BCUT2D eigenvalue weighted by molar-refractivity contribution is 0.0782. The Bertz CT molecular complexity index is 438. The summed E-state index contributed by atoms with van der Waals surface area (Å²) in [5, 5.41) is 6.50. The maximum absolute atomic E-state index is 12.8. The zero-order valence-electron chi connectivity index (χ0n) is 14.3. The van der Waals surface area contributed by atoms with Crippen molar-refractivity contribution in [2.45, 2.75) is 39.7 Å². The van der Waals surface area contributed by atoms with Crippen molar-refractivity contribution in [3.8, 4) is 0 Å². The van der Waals surface area contributed by atoms with Gasteiger partial charge in [-0.15, -0.1) is 24.0 Å². The molecule has 0 spiro atoms. The summed E-state index contributed by atoms with van der Waals surface area (Å²) in [4.78, 5) is 4.51. The van der Waals surface area contributed by atoms with E-state index < -0.39 is 0 Å². The molecule has 0 heterocycles. The minimum Gasteiger partial charge on any atom is -0.379 e. The van der Waals surface area contributed by atoms with E-state index in [2.05, 4.69) is 15.6 Å². The number of aliphatic imine (C=N–C) groups is 1. The van der Waals surface area contributed by atoms with Gasteiger partial charge in [0.1, 0.15) is 5.82 Å². The first-order valence-corrected chi connectivity index (χ1v) is 8.00. The molecular formula is C17H29FIN3O. The summed E-state index contributed by atoms with van der Waals surface area (Å²) < 4.78 is 18.3. The van der Waals surface area contributed by atoms with Gasteiger partial charge in [0, 0.05) is 26.2 Å². The first kappa shape index (κ1) is 22.1. The van der Waals surface area contributed by atoms with Crippen LogP contribution in [0.15, 0.2) is 29.3 Å². The lowest BCUT2D eigenvalue weighted by Crippen LogP contribution is -2.38. The first-order valence-electron chi connectivity index (χ1n) is 8.00.